The number of carbonyl (C=O) groups is 1. The van der Waals surface area contributed by atoms with Crippen molar-refractivity contribution in [1.82, 2.24) is 4.90 Å². The van der Waals surface area contributed by atoms with Crippen molar-refractivity contribution in [3.63, 3.8) is 0 Å². The van der Waals surface area contributed by atoms with Crippen molar-refractivity contribution >= 4 is 6.09 Å². The molecule has 1 aliphatic rings. The van der Waals surface area contributed by atoms with Crippen LogP contribution >= 0.6 is 0 Å². The predicted molar refractivity (Wildman–Crippen MR) is 49.8 cm³/mol. The molecule has 0 aromatic heterocycles. The van der Waals surface area contributed by atoms with E-state index in [1.165, 1.54) is 4.90 Å². The lowest BCUT2D eigenvalue weighted by atomic mass is 10.2. The Kier molecular flexibility index (Phi) is 3.01. The minimum atomic E-state index is -0.859. The van der Waals surface area contributed by atoms with E-state index in [0.29, 0.717) is 0 Å². The van der Waals surface area contributed by atoms with Gasteiger partial charge in [0.15, 0.2) is 0 Å². The summed E-state index contributed by atoms with van der Waals surface area (Å²) in [7, 11) is 0. The van der Waals surface area contributed by atoms with Gasteiger partial charge in [-0.05, 0) is 20.8 Å². The standard InChI is InChI=1S/C9H17NO4/c1-9(2,3)14-8(13)10-4-6(11)7(12)5-10/h6-7,11-12H,4-5H2,1-3H3/t6-,7?/m1/s1. The maximum Gasteiger partial charge on any atom is 0.410 e. The highest BCUT2D eigenvalue weighted by Crippen LogP contribution is 2.15. The van der Waals surface area contributed by atoms with Crippen LogP contribution in [-0.2, 0) is 4.74 Å². The third-order valence-electron chi connectivity index (χ3n) is 1.91. The lowest BCUT2D eigenvalue weighted by Gasteiger charge is -2.24. The molecule has 1 rings (SSSR count). The van der Waals surface area contributed by atoms with Gasteiger partial charge < -0.3 is 19.8 Å². The molecule has 1 amide bonds. The van der Waals surface area contributed by atoms with Crippen molar-refractivity contribution in [3.8, 4) is 0 Å². The molecular weight excluding hydrogens is 186 g/mol. The Bertz CT molecular complexity index is 213. The number of aliphatic hydroxyl groups is 2. The van der Waals surface area contributed by atoms with Crippen LogP contribution in [0.5, 0.6) is 0 Å². The van der Waals surface area contributed by atoms with Gasteiger partial charge in [-0.15, -0.1) is 0 Å². The fourth-order valence-corrected chi connectivity index (χ4v) is 1.25. The molecule has 5 heteroatoms. The Morgan fingerprint density at radius 3 is 2.07 bits per heavy atom. The minimum absolute atomic E-state index is 0.135. The number of likely N-dealkylation sites (tertiary alicyclic amines) is 1. The van der Waals surface area contributed by atoms with E-state index in [-0.39, 0.29) is 13.1 Å². The number of amides is 1. The molecule has 14 heavy (non-hydrogen) atoms. The van der Waals surface area contributed by atoms with Crippen molar-refractivity contribution in [2.75, 3.05) is 13.1 Å². The zero-order chi connectivity index (χ0) is 10.9. The smallest absolute Gasteiger partial charge is 0.410 e. The summed E-state index contributed by atoms with van der Waals surface area (Å²) in [6, 6.07) is 0. The second kappa shape index (κ2) is 3.74. The van der Waals surface area contributed by atoms with Gasteiger partial charge in [-0.2, -0.15) is 0 Å². The summed E-state index contributed by atoms with van der Waals surface area (Å²) in [6.07, 6.45) is -2.21. The summed E-state index contributed by atoms with van der Waals surface area (Å²) >= 11 is 0. The number of rotatable bonds is 0. The molecule has 0 saturated carbocycles. The van der Waals surface area contributed by atoms with Gasteiger partial charge >= 0.3 is 6.09 Å². The van der Waals surface area contributed by atoms with Crippen LogP contribution in [0.3, 0.4) is 0 Å². The van der Waals surface area contributed by atoms with Gasteiger partial charge in [0.2, 0.25) is 0 Å². The molecule has 1 aliphatic heterocycles. The van der Waals surface area contributed by atoms with Crippen molar-refractivity contribution in [1.29, 1.82) is 0 Å². The summed E-state index contributed by atoms with van der Waals surface area (Å²) in [5.74, 6) is 0. The summed E-state index contributed by atoms with van der Waals surface area (Å²) < 4.78 is 5.08. The number of hydrogen-bond donors (Lipinski definition) is 2. The normalized spacial score (nSPS) is 27.9. The molecule has 0 radical (unpaired) electrons. The Morgan fingerprint density at radius 1 is 1.29 bits per heavy atom. The van der Waals surface area contributed by atoms with Crippen molar-refractivity contribution in [3.05, 3.63) is 0 Å². The van der Waals surface area contributed by atoms with Crippen LogP contribution in [0.2, 0.25) is 0 Å². The van der Waals surface area contributed by atoms with E-state index in [1.807, 2.05) is 0 Å². The van der Waals surface area contributed by atoms with Crippen LogP contribution in [-0.4, -0.2) is 52.1 Å². The van der Waals surface area contributed by atoms with E-state index in [2.05, 4.69) is 0 Å². The van der Waals surface area contributed by atoms with Gasteiger partial charge in [-0.1, -0.05) is 0 Å². The van der Waals surface area contributed by atoms with E-state index in [4.69, 9.17) is 4.74 Å². The van der Waals surface area contributed by atoms with Crippen molar-refractivity contribution in [2.45, 2.75) is 38.6 Å². The minimum Gasteiger partial charge on any atom is -0.444 e. The maximum absolute atomic E-state index is 11.4. The third-order valence-corrected chi connectivity index (χ3v) is 1.91. The molecule has 0 aliphatic carbocycles. The summed E-state index contributed by atoms with van der Waals surface area (Å²) in [5, 5.41) is 18.4. The average Bonchev–Trinajstić information content (AvgIpc) is 2.28. The fraction of sp³-hybridized carbons (Fsp3) is 0.889. The SMILES string of the molecule is CC(C)(C)OC(=O)N1CC(O)[C@H](O)C1. The van der Waals surface area contributed by atoms with Gasteiger partial charge in [-0.25, -0.2) is 4.79 Å². The first-order valence-corrected chi connectivity index (χ1v) is 4.63. The Balaban J connectivity index is 2.48. The molecule has 82 valence electrons. The number of β-amino-alcohol motifs (C(OH)–C–C–N with tert-alkyl or cyclic N) is 2. The average molecular weight is 203 g/mol. The highest BCUT2D eigenvalue weighted by Gasteiger charge is 2.34. The number of carbonyl (C=O) groups excluding carboxylic acids is 1. The maximum atomic E-state index is 11.4. The molecule has 0 bridgehead atoms. The molecule has 1 saturated heterocycles. The monoisotopic (exact) mass is 203 g/mol. The zero-order valence-corrected chi connectivity index (χ0v) is 8.73. The molecule has 2 atom stereocenters. The lowest BCUT2D eigenvalue weighted by molar-refractivity contribution is 0.0267. The molecule has 0 aromatic carbocycles. The molecule has 1 unspecified atom stereocenters. The van der Waals surface area contributed by atoms with Gasteiger partial charge in [0.05, 0.1) is 25.3 Å². The van der Waals surface area contributed by atoms with E-state index < -0.39 is 23.9 Å². The molecule has 0 aromatic rings. The van der Waals surface area contributed by atoms with Gasteiger partial charge in [0.25, 0.3) is 0 Å². The van der Waals surface area contributed by atoms with Crippen LogP contribution in [0.1, 0.15) is 20.8 Å². The van der Waals surface area contributed by atoms with E-state index >= 15 is 0 Å². The van der Waals surface area contributed by atoms with Crippen molar-refractivity contribution < 1.29 is 19.7 Å². The van der Waals surface area contributed by atoms with Gasteiger partial charge in [0.1, 0.15) is 5.60 Å². The summed E-state index contributed by atoms with van der Waals surface area (Å²) in [5.41, 5.74) is -0.546. The Hall–Kier alpha value is -0.810. The number of hydrogen-bond acceptors (Lipinski definition) is 4. The first-order valence-electron chi connectivity index (χ1n) is 4.63. The fourth-order valence-electron chi connectivity index (χ4n) is 1.25. The van der Waals surface area contributed by atoms with Crippen LogP contribution in [0.25, 0.3) is 0 Å². The zero-order valence-electron chi connectivity index (χ0n) is 8.73. The summed E-state index contributed by atoms with van der Waals surface area (Å²) in [6.45, 7) is 5.58. The summed E-state index contributed by atoms with van der Waals surface area (Å²) in [4.78, 5) is 12.7. The molecule has 2 N–H and O–H groups in total. The van der Waals surface area contributed by atoms with Crippen LogP contribution in [0, 0.1) is 0 Å². The molecule has 1 fully saturated rings. The third kappa shape index (κ3) is 2.85. The number of nitrogens with zero attached hydrogens (tertiary/aromatic N) is 1. The van der Waals surface area contributed by atoms with Gasteiger partial charge in [-0.3, -0.25) is 0 Å². The first kappa shape index (κ1) is 11.3. The van der Waals surface area contributed by atoms with Crippen LogP contribution in [0.15, 0.2) is 0 Å². The van der Waals surface area contributed by atoms with E-state index in [9.17, 15) is 15.0 Å². The molecule has 0 spiro atoms. The molecule has 5 nitrogen and oxygen atoms in total. The Labute approximate surface area is 83.3 Å². The first-order chi connectivity index (χ1) is 6.29. The molecule has 1 heterocycles. The highest BCUT2D eigenvalue weighted by molar-refractivity contribution is 5.68. The largest absolute Gasteiger partial charge is 0.444 e. The van der Waals surface area contributed by atoms with Crippen LogP contribution in [0.4, 0.5) is 4.79 Å². The lowest BCUT2D eigenvalue weighted by Crippen LogP contribution is -2.36. The van der Waals surface area contributed by atoms with Gasteiger partial charge in [0, 0.05) is 0 Å². The second-order valence-corrected chi connectivity index (χ2v) is 4.52. The topological polar surface area (TPSA) is 70.0 Å². The molecular formula is C9H17NO4. The van der Waals surface area contributed by atoms with Crippen LogP contribution < -0.4 is 0 Å². The second-order valence-electron chi connectivity index (χ2n) is 4.52. The predicted octanol–water partition coefficient (Wildman–Crippen LogP) is -0.0411. The van der Waals surface area contributed by atoms with E-state index in [1.54, 1.807) is 20.8 Å². The van der Waals surface area contributed by atoms with E-state index in [0.717, 1.165) is 0 Å². The quantitative estimate of drug-likeness (QED) is 0.579. The number of aliphatic hydroxyl groups excluding tert-OH is 2. The van der Waals surface area contributed by atoms with Crippen molar-refractivity contribution in [2.24, 2.45) is 0 Å². The Morgan fingerprint density at radius 2 is 1.71 bits per heavy atom. The number of ether oxygens (including phenoxy) is 1. The highest BCUT2D eigenvalue weighted by atomic mass is 16.6.